The number of hydrogen-bond donors (Lipinski definition) is 1. The molecule has 2 amide bonds. The minimum absolute atomic E-state index is 0.211. The minimum Gasteiger partial charge on any atom is -0.480 e. The molecule has 1 saturated heterocycles. The summed E-state index contributed by atoms with van der Waals surface area (Å²) in [6.45, 7) is 5.55. The summed E-state index contributed by atoms with van der Waals surface area (Å²) in [6, 6.07) is -1.50. The van der Waals surface area contributed by atoms with E-state index in [2.05, 4.69) is 11.8 Å². The summed E-state index contributed by atoms with van der Waals surface area (Å²) in [4.78, 5) is 38.4. The van der Waals surface area contributed by atoms with Crippen molar-refractivity contribution in [3.8, 4) is 11.8 Å². The van der Waals surface area contributed by atoms with Gasteiger partial charge in [-0.2, -0.15) is 0 Å². The lowest BCUT2D eigenvalue weighted by molar-refractivity contribution is -0.153. The molecule has 0 aliphatic carbocycles. The Morgan fingerprint density at radius 1 is 1.33 bits per heavy atom. The molecule has 6 nitrogen and oxygen atoms in total. The summed E-state index contributed by atoms with van der Waals surface area (Å²) < 4.78 is 0. The van der Waals surface area contributed by atoms with Crippen molar-refractivity contribution >= 4 is 17.8 Å². The van der Waals surface area contributed by atoms with Gasteiger partial charge < -0.3 is 14.9 Å². The van der Waals surface area contributed by atoms with Crippen molar-refractivity contribution in [2.24, 2.45) is 5.92 Å². The van der Waals surface area contributed by atoms with E-state index in [1.807, 2.05) is 0 Å². The fourth-order valence-corrected chi connectivity index (χ4v) is 2.72. The van der Waals surface area contributed by atoms with Crippen LogP contribution in [0.15, 0.2) is 0 Å². The van der Waals surface area contributed by atoms with E-state index in [1.165, 1.54) is 16.8 Å². The van der Waals surface area contributed by atoms with Crippen LogP contribution in [0, 0.1) is 17.8 Å². The lowest BCUT2D eigenvalue weighted by Gasteiger charge is -2.32. The van der Waals surface area contributed by atoms with E-state index >= 15 is 0 Å². The van der Waals surface area contributed by atoms with Gasteiger partial charge in [0, 0.05) is 13.6 Å². The summed E-state index contributed by atoms with van der Waals surface area (Å²) in [6.07, 6.45) is 1.27. The molecule has 1 aliphatic heterocycles. The van der Waals surface area contributed by atoms with Gasteiger partial charge in [0.1, 0.15) is 12.1 Å². The third kappa shape index (κ3) is 3.75. The highest BCUT2D eigenvalue weighted by atomic mass is 16.4. The Kier molecular flexibility index (Phi) is 5.77. The molecule has 1 rings (SSSR count). The maximum absolute atomic E-state index is 12.5. The molecule has 1 N–H and O–H groups in total. The largest absolute Gasteiger partial charge is 0.480 e. The lowest BCUT2D eigenvalue weighted by atomic mass is 10.0. The van der Waals surface area contributed by atoms with E-state index in [0.29, 0.717) is 13.0 Å². The van der Waals surface area contributed by atoms with E-state index in [0.717, 1.165) is 6.42 Å². The number of carboxylic acids is 1. The van der Waals surface area contributed by atoms with Crippen LogP contribution in [-0.2, 0) is 14.4 Å². The second-order valence-electron chi connectivity index (χ2n) is 5.51. The second kappa shape index (κ2) is 7.11. The first-order chi connectivity index (χ1) is 9.81. The molecule has 0 radical (unpaired) electrons. The Morgan fingerprint density at radius 2 is 1.95 bits per heavy atom. The average molecular weight is 294 g/mol. The smallest absolute Gasteiger partial charge is 0.326 e. The zero-order valence-corrected chi connectivity index (χ0v) is 12.9. The van der Waals surface area contributed by atoms with Gasteiger partial charge in [-0.15, -0.1) is 0 Å². The van der Waals surface area contributed by atoms with Crippen LogP contribution < -0.4 is 0 Å². The Hall–Kier alpha value is -2.03. The number of aliphatic carboxylic acids is 1. The van der Waals surface area contributed by atoms with Gasteiger partial charge >= 0.3 is 5.97 Å². The molecule has 0 aromatic heterocycles. The molecule has 6 heteroatoms. The van der Waals surface area contributed by atoms with Crippen LogP contribution in [0.3, 0.4) is 0 Å². The van der Waals surface area contributed by atoms with Gasteiger partial charge in [-0.1, -0.05) is 19.8 Å². The highest BCUT2D eigenvalue weighted by Crippen LogP contribution is 2.21. The molecule has 1 fully saturated rings. The first-order valence-corrected chi connectivity index (χ1v) is 7.04. The van der Waals surface area contributed by atoms with Gasteiger partial charge in [-0.3, -0.25) is 9.59 Å². The zero-order valence-electron chi connectivity index (χ0n) is 12.9. The third-order valence-electron chi connectivity index (χ3n) is 3.68. The number of carboxylic acid groups (broad SMARTS) is 1. The van der Waals surface area contributed by atoms with Crippen LogP contribution in [-0.4, -0.2) is 58.4 Å². The number of rotatable bonds is 4. The number of hydrogen-bond acceptors (Lipinski definition) is 3. The molecular formula is C15H22N2O4. The second-order valence-corrected chi connectivity index (χ2v) is 5.51. The van der Waals surface area contributed by atoms with Gasteiger partial charge in [-0.05, 0) is 31.6 Å². The molecular weight excluding hydrogens is 272 g/mol. The van der Waals surface area contributed by atoms with Crippen LogP contribution in [0.4, 0.5) is 0 Å². The quantitative estimate of drug-likeness (QED) is 0.769. The van der Waals surface area contributed by atoms with E-state index in [9.17, 15) is 19.5 Å². The maximum atomic E-state index is 12.5. The average Bonchev–Trinajstić information content (AvgIpc) is 2.86. The van der Waals surface area contributed by atoms with Crippen molar-refractivity contribution in [2.75, 3.05) is 13.6 Å². The fraction of sp³-hybridized carbons (Fsp3) is 0.667. The molecule has 0 aromatic carbocycles. The number of likely N-dealkylation sites (tertiary alicyclic amines) is 1. The zero-order chi connectivity index (χ0) is 16.2. The van der Waals surface area contributed by atoms with E-state index in [-0.39, 0.29) is 17.7 Å². The summed E-state index contributed by atoms with van der Waals surface area (Å²) in [5.74, 6) is 3.01. The number of carbonyl (C=O) groups excluding carboxylic acids is 2. The van der Waals surface area contributed by atoms with Crippen molar-refractivity contribution in [1.29, 1.82) is 0 Å². The van der Waals surface area contributed by atoms with E-state index in [1.54, 1.807) is 20.8 Å². The van der Waals surface area contributed by atoms with Crippen molar-refractivity contribution in [1.82, 2.24) is 9.80 Å². The number of likely N-dealkylation sites (N-methyl/N-ethyl adjacent to an activating group) is 1. The van der Waals surface area contributed by atoms with Crippen molar-refractivity contribution in [2.45, 2.75) is 45.7 Å². The number of carbonyl (C=O) groups is 3. The molecule has 2 atom stereocenters. The van der Waals surface area contributed by atoms with Crippen LogP contribution in [0.1, 0.15) is 33.6 Å². The van der Waals surface area contributed by atoms with Gasteiger partial charge in [-0.25, -0.2) is 4.79 Å². The number of nitrogens with zero attached hydrogens (tertiary/aromatic N) is 2. The van der Waals surface area contributed by atoms with Crippen LogP contribution in [0.2, 0.25) is 0 Å². The normalized spacial score (nSPS) is 18.9. The summed E-state index contributed by atoms with van der Waals surface area (Å²) in [7, 11) is 1.48. The molecule has 0 spiro atoms. The van der Waals surface area contributed by atoms with Crippen LogP contribution in [0.5, 0.6) is 0 Å². The first kappa shape index (κ1) is 17.0. The van der Waals surface area contributed by atoms with Crippen molar-refractivity contribution in [3.05, 3.63) is 0 Å². The Bertz CT molecular complexity index is 490. The van der Waals surface area contributed by atoms with E-state index < -0.39 is 18.1 Å². The molecule has 116 valence electrons. The molecule has 0 aromatic rings. The molecule has 1 unspecified atom stereocenters. The van der Waals surface area contributed by atoms with Gasteiger partial charge in [0.2, 0.25) is 5.91 Å². The molecule has 1 heterocycles. The topological polar surface area (TPSA) is 77.9 Å². The molecule has 0 bridgehead atoms. The minimum atomic E-state index is -1.04. The van der Waals surface area contributed by atoms with Crippen LogP contribution >= 0.6 is 0 Å². The van der Waals surface area contributed by atoms with Crippen LogP contribution in [0.25, 0.3) is 0 Å². The maximum Gasteiger partial charge on any atom is 0.326 e. The molecule has 21 heavy (non-hydrogen) atoms. The Labute approximate surface area is 125 Å². The fourth-order valence-electron chi connectivity index (χ4n) is 2.72. The lowest BCUT2D eigenvalue weighted by Crippen LogP contribution is -2.53. The Morgan fingerprint density at radius 3 is 2.43 bits per heavy atom. The van der Waals surface area contributed by atoms with Crippen molar-refractivity contribution < 1.29 is 19.5 Å². The predicted molar refractivity (Wildman–Crippen MR) is 77.2 cm³/mol. The van der Waals surface area contributed by atoms with Gasteiger partial charge in [0.15, 0.2) is 0 Å². The first-order valence-electron chi connectivity index (χ1n) is 7.04. The highest BCUT2D eigenvalue weighted by molar-refractivity contribution is 5.98. The van der Waals surface area contributed by atoms with Gasteiger partial charge in [0.25, 0.3) is 5.91 Å². The predicted octanol–water partition coefficient (Wildman–Crippen LogP) is 0.568. The SMILES string of the molecule is CC#CC(=O)N1CCCC1C(=O)N(C)[C@H](C(=O)O)C(C)C. The molecule has 0 saturated carbocycles. The Balaban J connectivity index is 2.92. The van der Waals surface area contributed by atoms with E-state index in [4.69, 9.17) is 0 Å². The monoisotopic (exact) mass is 294 g/mol. The highest BCUT2D eigenvalue weighted by Gasteiger charge is 2.39. The van der Waals surface area contributed by atoms with Crippen molar-refractivity contribution in [3.63, 3.8) is 0 Å². The third-order valence-corrected chi connectivity index (χ3v) is 3.68. The summed E-state index contributed by atoms with van der Waals surface area (Å²) in [5, 5.41) is 9.27. The van der Waals surface area contributed by atoms with Gasteiger partial charge in [0.05, 0.1) is 0 Å². The number of amides is 2. The summed E-state index contributed by atoms with van der Waals surface area (Å²) >= 11 is 0. The standard InChI is InChI=1S/C15H22N2O4/c1-5-7-12(18)17-9-6-8-11(17)14(19)16(4)13(10(2)3)15(20)21/h10-11,13H,6,8-9H2,1-4H3,(H,20,21)/t11?,13-/m0/s1. The molecule has 1 aliphatic rings. The summed E-state index contributed by atoms with van der Waals surface area (Å²) in [5.41, 5.74) is 0.